The number of nitrogens with zero attached hydrogens (tertiary/aromatic N) is 2. The van der Waals surface area contributed by atoms with Crippen LogP contribution in [0.25, 0.3) is 10.6 Å². The van der Waals surface area contributed by atoms with Crippen molar-refractivity contribution in [1.29, 1.82) is 0 Å². The average Bonchev–Trinajstić information content (AvgIpc) is 3.20. The summed E-state index contributed by atoms with van der Waals surface area (Å²) in [4.78, 5) is 18.1. The van der Waals surface area contributed by atoms with Gasteiger partial charge in [0.2, 0.25) is 0 Å². The summed E-state index contributed by atoms with van der Waals surface area (Å²) in [6.07, 6.45) is -4.75. The number of carbonyl (C=O) groups excluding carboxylic acids is 1. The van der Waals surface area contributed by atoms with Gasteiger partial charge in [-0.25, -0.2) is 4.98 Å². The van der Waals surface area contributed by atoms with Gasteiger partial charge in [0.25, 0.3) is 5.91 Å². The first kappa shape index (κ1) is 23.7. The molecule has 0 saturated carbocycles. The molecule has 1 heterocycles. The number of thiazole rings is 1. The van der Waals surface area contributed by atoms with Gasteiger partial charge in [0.1, 0.15) is 15.6 Å². The van der Waals surface area contributed by atoms with E-state index in [2.05, 4.69) is 10.3 Å². The number of ether oxygens (including phenoxy) is 1. The Bertz CT molecular complexity index is 1100. The van der Waals surface area contributed by atoms with E-state index >= 15 is 0 Å². The molecule has 3 rings (SSSR count). The second-order valence-electron chi connectivity index (χ2n) is 7.60. The lowest BCUT2D eigenvalue weighted by molar-refractivity contribution is -0.141. The van der Waals surface area contributed by atoms with Crippen molar-refractivity contribution in [1.82, 2.24) is 15.2 Å². The first-order valence-corrected chi connectivity index (χ1v) is 10.7. The van der Waals surface area contributed by atoms with E-state index < -0.39 is 28.7 Å². The molecule has 9 heteroatoms. The van der Waals surface area contributed by atoms with Crippen molar-refractivity contribution in [3.05, 3.63) is 70.2 Å². The fourth-order valence-corrected chi connectivity index (χ4v) is 4.20. The SMILES string of the molecule is COc1cccc([C@H](C)NC(=O)c2sc(-c3cccc(CN(C)C)c3)nc2C(F)(F)F)c1. The Balaban J connectivity index is 1.92. The van der Waals surface area contributed by atoms with E-state index in [1.807, 2.05) is 25.1 Å². The van der Waals surface area contributed by atoms with E-state index in [-0.39, 0.29) is 5.01 Å². The van der Waals surface area contributed by atoms with Gasteiger partial charge in [-0.15, -0.1) is 11.3 Å². The predicted octanol–water partition coefficient (Wildman–Crippen LogP) is 5.39. The maximum absolute atomic E-state index is 13.7. The summed E-state index contributed by atoms with van der Waals surface area (Å²) in [6, 6.07) is 13.6. The normalized spacial score (nSPS) is 12.6. The van der Waals surface area contributed by atoms with Crippen LogP contribution in [0.4, 0.5) is 13.2 Å². The number of carbonyl (C=O) groups is 1. The van der Waals surface area contributed by atoms with Crippen LogP contribution in [0.2, 0.25) is 0 Å². The lowest BCUT2D eigenvalue weighted by Gasteiger charge is -2.15. The Kier molecular flexibility index (Phi) is 7.20. The van der Waals surface area contributed by atoms with Crippen LogP contribution >= 0.6 is 11.3 Å². The highest BCUT2D eigenvalue weighted by Crippen LogP contribution is 2.38. The number of aromatic nitrogens is 1. The standard InChI is InChI=1S/C23H24F3N3O2S/c1-14(16-8-6-10-18(12-16)31-4)27-21(30)19-20(23(24,25)26)28-22(32-19)17-9-5-7-15(11-17)13-29(2)3/h5-12,14H,13H2,1-4H3,(H,27,30)/t14-/m0/s1. The fourth-order valence-electron chi connectivity index (χ4n) is 3.21. The summed E-state index contributed by atoms with van der Waals surface area (Å²) in [5.41, 5.74) is 1.02. The van der Waals surface area contributed by atoms with E-state index in [4.69, 9.17) is 4.74 Å². The van der Waals surface area contributed by atoms with Gasteiger partial charge in [-0.3, -0.25) is 4.79 Å². The minimum absolute atomic E-state index is 0.150. The number of methoxy groups -OCH3 is 1. The molecule has 32 heavy (non-hydrogen) atoms. The predicted molar refractivity (Wildman–Crippen MR) is 119 cm³/mol. The van der Waals surface area contributed by atoms with Gasteiger partial charge < -0.3 is 15.0 Å². The molecule has 0 radical (unpaired) electrons. The second-order valence-corrected chi connectivity index (χ2v) is 8.60. The zero-order chi connectivity index (χ0) is 23.5. The topological polar surface area (TPSA) is 54.5 Å². The smallest absolute Gasteiger partial charge is 0.435 e. The molecular formula is C23H24F3N3O2S. The summed E-state index contributed by atoms with van der Waals surface area (Å²) < 4.78 is 46.2. The van der Waals surface area contributed by atoms with Crippen LogP contribution in [0.15, 0.2) is 48.5 Å². The minimum Gasteiger partial charge on any atom is -0.497 e. The molecule has 3 aromatic rings. The minimum atomic E-state index is -4.75. The maximum Gasteiger partial charge on any atom is 0.435 e. The summed E-state index contributed by atoms with van der Waals surface area (Å²) >= 11 is 0.739. The van der Waals surface area contributed by atoms with Crippen LogP contribution in [-0.2, 0) is 12.7 Å². The highest BCUT2D eigenvalue weighted by atomic mass is 32.1. The van der Waals surface area contributed by atoms with Crippen LogP contribution < -0.4 is 10.1 Å². The van der Waals surface area contributed by atoms with Gasteiger partial charge in [0, 0.05) is 12.1 Å². The molecule has 5 nitrogen and oxygen atoms in total. The second kappa shape index (κ2) is 9.70. The zero-order valence-electron chi connectivity index (χ0n) is 18.2. The van der Waals surface area contributed by atoms with Crippen LogP contribution in [0.3, 0.4) is 0 Å². The Morgan fingerprint density at radius 3 is 2.56 bits per heavy atom. The molecule has 0 aliphatic rings. The molecule has 1 aromatic heterocycles. The highest BCUT2D eigenvalue weighted by molar-refractivity contribution is 7.17. The summed E-state index contributed by atoms with van der Waals surface area (Å²) in [7, 11) is 5.33. The molecule has 1 atom stereocenters. The van der Waals surface area contributed by atoms with Gasteiger partial charge in [0.05, 0.1) is 13.2 Å². The molecule has 1 amide bonds. The Labute approximate surface area is 188 Å². The molecule has 0 unspecified atom stereocenters. The summed E-state index contributed by atoms with van der Waals surface area (Å²) in [5, 5.41) is 2.80. The summed E-state index contributed by atoms with van der Waals surface area (Å²) in [6.45, 7) is 2.34. The Morgan fingerprint density at radius 2 is 1.91 bits per heavy atom. The lowest BCUT2D eigenvalue weighted by atomic mass is 10.1. The number of alkyl halides is 3. The number of hydrogen-bond donors (Lipinski definition) is 1. The number of amides is 1. The molecular weight excluding hydrogens is 439 g/mol. The molecule has 1 N–H and O–H groups in total. The molecule has 0 aliphatic heterocycles. The summed E-state index contributed by atoms with van der Waals surface area (Å²) in [5.74, 6) is -0.224. The van der Waals surface area contributed by atoms with Crippen molar-refractivity contribution in [2.24, 2.45) is 0 Å². The van der Waals surface area contributed by atoms with Crippen LogP contribution in [0, 0.1) is 0 Å². The van der Waals surface area contributed by atoms with Crippen molar-refractivity contribution < 1.29 is 22.7 Å². The molecule has 0 bridgehead atoms. The monoisotopic (exact) mass is 463 g/mol. The lowest BCUT2D eigenvalue weighted by Crippen LogP contribution is -2.28. The van der Waals surface area contributed by atoms with Crippen molar-refractivity contribution in [2.75, 3.05) is 21.2 Å². The zero-order valence-corrected chi connectivity index (χ0v) is 19.0. The molecule has 2 aromatic carbocycles. The molecule has 170 valence electrons. The van der Waals surface area contributed by atoms with Gasteiger partial charge in [-0.1, -0.05) is 30.3 Å². The van der Waals surface area contributed by atoms with Crippen molar-refractivity contribution in [2.45, 2.75) is 25.7 Å². The largest absolute Gasteiger partial charge is 0.497 e. The highest BCUT2D eigenvalue weighted by Gasteiger charge is 2.40. The molecule has 0 fully saturated rings. The first-order chi connectivity index (χ1) is 15.1. The van der Waals surface area contributed by atoms with Crippen LogP contribution in [0.1, 0.15) is 39.5 Å². The third kappa shape index (κ3) is 5.66. The van der Waals surface area contributed by atoms with Gasteiger partial charge in [0.15, 0.2) is 5.69 Å². The number of rotatable bonds is 7. The molecule has 0 spiro atoms. The van der Waals surface area contributed by atoms with Crippen LogP contribution in [-0.4, -0.2) is 37.0 Å². The number of benzene rings is 2. The van der Waals surface area contributed by atoms with E-state index in [0.717, 1.165) is 16.9 Å². The average molecular weight is 464 g/mol. The maximum atomic E-state index is 13.7. The number of hydrogen-bond acceptors (Lipinski definition) is 5. The third-order valence-corrected chi connectivity index (χ3v) is 5.82. The van der Waals surface area contributed by atoms with Gasteiger partial charge >= 0.3 is 6.18 Å². The van der Waals surface area contributed by atoms with Crippen molar-refractivity contribution in [3.63, 3.8) is 0 Å². The molecule has 0 saturated heterocycles. The van der Waals surface area contributed by atoms with E-state index in [9.17, 15) is 18.0 Å². The number of nitrogens with one attached hydrogen (secondary N) is 1. The quantitative estimate of drug-likeness (QED) is 0.511. The number of halogens is 3. The van der Waals surface area contributed by atoms with E-state index in [1.165, 1.54) is 7.11 Å². The van der Waals surface area contributed by atoms with Crippen molar-refractivity contribution >= 4 is 17.2 Å². The van der Waals surface area contributed by atoms with Gasteiger partial charge in [-0.05, 0) is 50.3 Å². The fraction of sp³-hybridized carbons (Fsp3) is 0.304. The van der Waals surface area contributed by atoms with Gasteiger partial charge in [-0.2, -0.15) is 13.2 Å². The van der Waals surface area contributed by atoms with E-state index in [0.29, 0.717) is 23.4 Å². The first-order valence-electron chi connectivity index (χ1n) is 9.85. The van der Waals surface area contributed by atoms with Crippen molar-refractivity contribution in [3.8, 4) is 16.3 Å². The van der Waals surface area contributed by atoms with E-state index in [1.54, 1.807) is 49.4 Å². The third-order valence-electron chi connectivity index (χ3n) is 4.72. The Hall–Kier alpha value is -2.91. The Morgan fingerprint density at radius 1 is 1.19 bits per heavy atom. The van der Waals surface area contributed by atoms with Crippen LogP contribution in [0.5, 0.6) is 5.75 Å². The molecule has 0 aliphatic carbocycles.